The average Bonchev–Trinajstić information content (AvgIpc) is 2.82. The number of benzene rings is 2. The summed E-state index contributed by atoms with van der Waals surface area (Å²) in [6.07, 6.45) is 7.54. The van der Waals surface area contributed by atoms with Crippen molar-refractivity contribution in [3.8, 4) is 0 Å². The van der Waals surface area contributed by atoms with Crippen LogP contribution in [-0.4, -0.2) is 40.5 Å². The number of likely N-dealkylation sites (N-methyl/N-ethyl adjacent to an activating group) is 1. The third-order valence-corrected chi connectivity index (χ3v) is 6.71. The molecule has 4 nitrogen and oxygen atoms in total. The predicted molar refractivity (Wildman–Crippen MR) is 131 cm³/mol. The molecule has 6 heteroatoms. The van der Waals surface area contributed by atoms with Crippen molar-refractivity contribution in [1.82, 2.24) is 9.88 Å². The summed E-state index contributed by atoms with van der Waals surface area (Å²) in [7, 11) is 1.15. The van der Waals surface area contributed by atoms with E-state index in [0.717, 1.165) is 35.5 Å². The van der Waals surface area contributed by atoms with Crippen LogP contribution >= 0.6 is 0 Å². The van der Waals surface area contributed by atoms with E-state index in [1.54, 1.807) is 6.26 Å². The highest BCUT2D eigenvalue weighted by Gasteiger charge is 2.28. The van der Waals surface area contributed by atoms with Crippen LogP contribution in [0.15, 0.2) is 78.0 Å². The van der Waals surface area contributed by atoms with Crippen LogP contribution in [0.2, 0.25) is 0 Å². The van der Waals surface area contributed by atoms with Gasteiger partial charge in [-0.2, -0.15) is 0 Å². The largest absolute Gasteiger partial charge is 0.384 e. The third-order valence-electron chi connectivity index (χ3n) is 5.78. The number of hydrogen-bond acceptors (Lipinski definition) is 4. The first-order chi connectivity index (χ1) is 15.5. The van der Waals surface area contributed by atoms with Gasteiger partial charge in [-0.1, -0.05) is 25.5 Å². The first-order valence-electron chi connectivity index (χ1n) is 11.0. The lowest BCUT2D eigenvalue weighted by Crippen LogP contribution is -2.33. The first-order valence-corrected chi connectivity index (χ1v) is 12.6. The molecule has 3 rings (SSSR count). The van der Waals surface area contributed by atoms with Crippen molar-refractivity contribution < 1.29 is 8.60 Å². The van der Waals surface area contributed by atoms with Crippen LogP contribution in [-0.2, 0) is 10.8 Å². The van der Waals surface area contributed by atoms with E-state index in [9.17, 15) is 8.60 Å². The molecule has 1 heterocycles. The summed E-state index contributed by atoms with van der Waals surface area (Å²) in [5, 5.41) is 3.56. The maximum atomic E-state index is 13.7. The molecule has 3 atom stereocenters. The van der Waals surface area contributed by atoms with Gasteiger partial charge in [-0.3, -0.25) is 14.1 Å². The Morgan fingerprint density at radius 1 is 1.00 bits per heavy atom. The molecule has 1 aromatic heterocycles. The van der Waals surface area contributed by atoms with Gasteiger partial charge in [-0.25, -0.2) is 4.39 Å². The number of nitrogens with zero attached hydrogens (tertiary/aromatic N) is 2. The fourth-order valence-corrected chi connectivity index (χ4v) is 4.53. The Morgan fingerprint density at radius 3 is 2.25 bits per heavy atom. The molecule has 0 saturated heterocycles. The fraction of sp³-hybridized carbons (Fsp3) is 0.346. The molecule has 0 radical (unpaired) electrons. The molecule has 32 heavy (non-hydrogen) atoms. The minimum atomic E-state index is -0.995. The second-order valence-electron chi connectivity index (χ2n) is 8.08. The topological polar surface area (TPSA) is 45.2 Å². The maximum absolute atomic E-state index is 13.7. The van der Waals surface area contributed by atoms with Gasteiger partial charge >= 0.3 is 0 Å². The van der Waals surface area contributed by atoms with Gasteiger partial charge in [-0.05, 0) is 79.7 Å². The lowest BCUT2D eigenvalue weighted by molar-refractivity contribution is 0.212. The van der Waals surface area contributed by atoms with Crippen molar-refractivity contribution in [1.29, 1.82) is 0 Å². The normalized spacial score (nSPS) is 14.2. The van der Waals surface area contributed by atoms with E-state index in [-0.39, 0.29) is 17.8 Å². The monoisotopic (exact) mass is 453 g/mol. The van der Waals surface area contributed by atoms with Crippen LogP contribution in [0.1, 0.15) is 42.9 Å². The van der Waals surface area contributed by atoms with E-state index >= 15 is 0 Å². The number of anilines is 1. The van der Waals surface area contributed by atoms with Crippen LogP contribution in [0.25, 0.3) is 0 Å². The van der Waals surface area contributed by atoms with Crippen LogP contribution in [0.4, 0.5) is 10.1 Å². The van der Waals surface area contributed by atoms with E-state index in [2.05, 4.69) is 41.3 Å². The number of unbranched alkanes of at least 4 members (excludes halogenated alkanes) is 1. The Hall–Kier alpha value is -2.57. The first kappa shape index (κ1) is 24.1. The van der Waals surface area contributed by atoms with Crippen LogP contribution < -0.4 is 5.32 Å². The molecule has 0 amide bonds. The van der Waals surface area contributed by atoms with Crippen molar-refractivity contribution >= 4 is 16.5 Å². The van der Waals surface area contributed by atoms with Crippen molar-refractivity contribution in [2.75, 3.05) is 31.7 Å². The molecule has 0 aliphatic heterocycles. The van der Waals surface area contributed by atoms with Crippen molar-refractivity contribution in [3.63, 3.8) is 0 Å². The standard InChI is InChI=1S/C26H32FN3OS/c1-4-5-18-30(2)26(21-6-8-22(27)9-7-21)25(20-14-16-28-17-15-20)19-29-23-10-12-24(13-11-23)32(3)31/h6-17,25-26,29H,4-5,18-19H2,1-3H3. The predicted octanol–water partition coefficient (Wildman–Crippen LogP) is 5.63. The summed E-state index contributed by atoms with van der Waals surface area (Å²) in [6.45, 7) is 3.84. The summed E-state index contributed by atoms with van der Waals surface area (Å²) in [4.78, 5) is 7.38. The van der Waals surface area contributed by atoms with Crippen molar-refractivity contribution in [3.05, 3.63) is 90.0 Å². The van der Waals surface area contributed by atoms with Crippen molar-refractivity contribution in [2.45, 2.75) is 36.6 Å². The summed E-state index contributed by atoms with van der Waals surface area (Å²) in [5.41, 5.74) is 3.24. The molecule has 0 aliphatic rings. The number of rotatable bonds is 11. The number of aromatic nitrogens is 1. The highest BCUT2D eigenvalue weighted by Crippen LogP contribution is 2.36. The average molecular weight is 454 g/mol. The van der Waals surface area contributed by atoms with E-state index in [1.165, 1.54) is 17.7 Å². The summed E-state index contributed by atoms with van der Waals surface area (Å²) in [6, 6.07) is 18.8. The lowest BCUT2D eigenvalue weighted by Gasteiger charge is -2.36. The third kappa shape index (κ3) is 6.47. The Labute approximate surface area is 193 Å². The summed E-state index contributed by atoms with van der Waals surface area (Å²) in [5.74, 6) is -0.110. The second kappa shape index (κ2) is 11.9. The maximum Gasteiger partial charge on any atom is 0.123 e. The highest BCUT2D eigenvalue weighted by molar-refractivity contribution is 7.84. The fourth-order valence-electron chi connectivity index (χ4n) is 4.02. The smallest absolute Gasteiger partial charge is 0.123 e. The van der Waals surface area contributed by atoms with Crippen molar-refractivity contribution in [2.24, 2.45) is 0 Å². The van der Waals surface area contributed by atoms with Gasteiger partial charge in [-0.15, -0.1) is 0 Å². The number of nitrogens with one attached hydrogen (secondary N) is 1. The van der Waals surface area contributed by atoms with Crippen LogP contribution in [0.3, 0.4) is 0 Å². The van der Waals surface area contributed by atoms with Gasteiger partial charge in [0.1, 0.15) is 5.82 Å². The highest BCUT2D eigenvalue weighted by atomic mass is 32.2. The van der Waals surface area contributed by atoms with Crippen LogP contribution in [0, 0.1) is 5.82 Å². The van der Waals surface area contributed by atoms with Gasteiger partial charge in [0, 0.05) is 58.5 Å². The van der Waals surface area contributed by atoms with E-state index in [0.29, 0.717) is 6.54 Å². The van der Waals surface area contributed by atoms with Gasteiger partial charge in [0.25, 0.3) is 0 Å². The van der Waals surface area contributed by atoms with E-state index < -0.39 is 10.8 Å². The Morgan fingerprint density at radius 2 is 1.66 bits per heavy atom. The molecular weight excluding hydrogens is 421 g/mol. The Kier molecular flexibility index (Phi) is 8.94. The molecule has 2 aromatic carbocycles. The summed E-state index contributed by atoms with van der Waals surface area (Å²) >= 11 is 0. The number of hydrogen-bond donors (Lipinski definition) is 1. The Bertz CT molecular complexity index is 980. The van der Waals surface area contributed by atoms with Gasteiger partial charge in [0.15, 0.2) is 0 Å². The Balaban J connectivity index is 1.92. The molecule has 0 spiro atoms. The molecule has 1 N–H and O–H groups in total. The van der Waals surface area contributed by atoms with Crippen LogP contribution in [0.5, 0.6) is 0 Å². The molecule has 3 unspecified atom stereocenters. The number of halogens is 1. The SMILES string of the molecule is CCCCN(C)C(c1ccc(F)cc1)C(CNc1ccc(S(C)=O)cc1)c1ccncc1. The lowest BCUT2D eigenvalue weighted by atomic mass is 9.86. The van der Waals surface area contributed by atoms with E-state index in [4.69, 9.17) is 0 Å². The van der Waals surface area contributed by atoms with Gasteiger partial charge < -0.3 is 5.32 Å². The summed E-state index contributed by atoms with van der Waals surface area (Å²) < 4.78 is 25.4. The second-order valence-corrected chi connectivity index (χ2v) is 9.46. The zero-order chi connectivity index (χ0) is 22.9. The number of pyridine rings is 1. The minimum Gasteiger partial charge on any atom is -0.384 e. The van der Waals surface area contributed by atoms with E-state index in [1.807, 2.05) is 48.8 Å². The zero-order valence-corrected chi connectivity index (χ0v) is 19.8. The van der Waals surface area contributed by atoms with Gasteiger partial charge in [0.2, 0.25) is 0 Å². The van der Waals surface area contributed by atoms with Gasteiger partial charge in [0.05, 0.1) is 0 Å². The molecule has 3 aromatic rings. The molecule has 0 bridgehead atoms. The zero-order valence-electron chi connectivity index (χ0n) is 19.0. The molecule has 170 valence electrons. The molecular formula is C26H32FN3OS. The quantitative estimate of drug-likeness (QED) is 0.409. The minimum absolute atomic E-state index is 0.0690. The molecule has 0 aliphatic carbocycles. The molecule has 0 saturated carbocycles. The molecule has 0 fully saturated rings.